The third-order valence-corrected chi connectivity index (χ3v) is 4.08. The molecule has 27 heavy (non-hydrogen) atoms. The lowest BCUT2D eigenvalue weighted by Crippen LogP contribution is -2.19. The Balaban J connectivity index is 2.11. The molecule has 0 saturated carbocycles. The van der Waals surface area contributed by atoms with Gasteiger partial charge in [-0.05, 0) is 32.0 Å². The van der Waals surface area contributed by atoms with Crippen molar-refractivity contribution in [2.75, 3.05) is 20.3 Å². The van der Waals surface area contributed by atoms with Gasteiger partial charge >= 0.3 is 0 Å². The Hall–Kier alpha value is -2.84. The first-order chi connectivity index (χ1) is 12.8. The van der Waals surface area contributed by atoms with Gasteiger partial charge in [-0.1, -0.05) is 0 Å². The molecule has 8 nitrogen and oxygen atoms in total. The van der Waals surface area contributed by atoms with Gasteiger partial charge in [-0.2, -0.15) is 0 Å². The average Bonchev–Trinajstić information content (AvgIpc) is 2.64. The van der Waals surface area contributed by atoms with Crippen LogP contribution in [0.2, 0.25) is 0 Å². The van der Waals surface area contributed by atoms with E-state index in [1.54, 1.807) is 46.3 Å². The molecule has 3 aromatic heterocycles. The maximum Gasteiger partial charge on any atom is 0.266 e. The summed E-state index contributed by atoms with van der Waals surface area (Å²) >= 11 is 0. The Morgan fingerprint density at radius 1 is 1.22 bits per heavy atom. The lowest BCUT2D eigenvalue weighted by atomic mass is 10.0. The molecule has 0 amide bonds. The Labute approximate surface area is 156 Å². The van der Waals surface area contributed by atoms with E-state index in [1.807, 2.05) is 6.07 Å². The minimum Gasteiger partial charge on any atom is -0.475 e. The number of pyridine rings is 2. The zero-order valence-corrected chi connectivity index (χ0v) is 15.8. The Morgan fingerprint density at radius 3 is 2.63 bits per heavy atom. The van der Waals surface area contributed by atoms with Crippen molar-refractivity contribution < 1.29 is 14.6 Å². The molecule has 0 spiro atoms. The van der Waals surface area contributed by atoms with Crippen LogP contribution in [0.5, 0.6) is 5.88 Å². The van der Waals surface area contributed by atoms with Gasteiger partial charge in [0, 0.05) is 25.9 Å². The van der Waals surface area contributed by atoms with Crippen LogP contribution in [0.25, 0.3) is 22.2 Å². The molecule has 0 saturated heterocycles. The van der Waals surface area contributed by atoms with Crippen LogP contribution in [-0.2, 0) is 17.4 Å². The average molecular weight is 370 g/mol. The van der Waals surface area contributed by atoms with Crippen molar-refractivity contribution in [1.82, 2.24) is 19.5 Å². The first-order valence-corrected chi connectivity index (χ1v) is 8.48. The van der Waals surface area contributed by atoms with Crippen LogP contribution in [-0.4, -0.2) is 44.9 Å². The number of nitrogens with zero attached hydrogens (tertiary/aromatic N) is 4. The van der Waals surface area contributed by atoms with Gasteiger partial charge in [0.05, 0.1) is 29.8 Å². The number of hydrogen-bond donors (Lipinski definition) is 1. The van der Waals surface area contributed by atoms with E-state index >= 15 is 0 Å². The molecule has 0 bridgehead atoms. The van der Waals surface area contributed by atoms with Gasteiger partial charge in [-0.25, -0.2) is 9.97 Å². The van der Waals surface area contributed by atoms with Crippen LogP contribution in [0.4, 0.5) is 0 Å². The van der Waals surface area contributed by atoms with E-state index in [0.717, 1.165) is 5.56 Å². The molecule has 0 radical (unpaired) electrons. The normalized spacial score (nSPS) is 11.7. The molecular weight excluding hydrogens is 348 g/mol. The highest BCUT2D eigenvalue weighted by molar-refractivity contribution is 5.86. The summed E-state index contributed by atoms with van der Waals surface area (Å²) in [6.07, 6.45) is 3.09. The largest absolute Gasteiger partial charge is 0.475 e. The number of aromatic nitrogens is 4. The number of ether oxygens (including phenoxy) is 2. The second kappa shape index (κ2) is 7.42. The first-order valence-electron chi connectivity index (χ1n) is 8.48. The van der Waals surface area contributed by atoms with Crippen molar-refractivity contribution in [3.05, 3.63) is 46.8 Å². The summed E-state index contributed by atoms with van der Waals surface area (Å²) in [5.41, 5.74) is 1.08. The molecule has 3 rings (SSSR count). The van der Waals surface area contributed by atoms with Gasteiger partial charge in [-0.3, -0.25) is 9.78 Å². The maximum absolute atomic E-state index is 12.5. The van der Waals surface area contributed by atoms with Crippen LogP contribution < -0.4 is 10.3 Å². The van der Waals surface area contributed by atoms with Gasteiger partial charge in [0.1, 0.15) is 17.6 Å². The third kappa shape index (κ3) is 3.96. The SMILES string of the molecule is COCCOc1nc(-c2ccc(C(C)(C)O)nc2)cc2ncn(C)c(=O)c12. The lowest BCUT2D eigenvalue weighted by Gasteiger charge is -2.16. The Bertz CT molecular complexity index is 1010. The summed E-state index contributed by atoms with van der Waals surface area (Å²) in [5, 5.41) is 10.4. The van der Waals surface area contributed by atoms with E-state index in [0.29, 0.717) is 28.9 Å². The van der Waals surface area contributed by atoms with Gasteiger partial charge in [-0.15, -0.1) is 0 Å². The lowest BCUT2D eigenvalue weighted by molar-refractivity contribution is 0.0739. The quantitative estimate of drug-likeness (QED) is 0.659. The topological polar surface area (TPSA) is 99.4 Å². The second-order valence-electron chi connectivity index (χ2n) is 6.70. The highest BCUT2D eigenvalue weighted by Gasteiger charge is 2.18. The first kappa shape index (κ1) is 18.9. The predicted octanol–water partition coefficient (Wildman–Crippen LogP) is 1.64. The van der Waals surface area contributed by atoms with Crippen molar-refractivity contribution in [3.63, 3.8) is 0 Å². The smallest absolute Gasteiger partial charge is 0.266 e. The van der Waals surface area contributed by atoms with E-state index in [9.17, 15) is 9.90 Å². The van der Waals surface area contributed by atoms with Gasteiger partial charge in [0.15, 0.2) is 0 Å². The molecule has 0 aliphatic carbocycles. The fourth-order valence-electron chi connectivity index (χ4n) is 2.57. The molecule has 3 heterocycles. The van der Waals surface area contributed by atoms with Crippen LogP contribution >= 0.6 is 0 Å². The van der Waals surface area contributed by atoms with Gasteiger partial charge in [0.2, 0.25) is 5.88 Å². The summed E-state index contributed by atoms with van der Waals surface area (Å²) in [6.45, 7) is 3.97. The molecule has 1 N–H and O–H groups in total. The summed E-state index contributed by atoms with van der Waals surface area (Å²) in [5.74, 6) is 0.208. The molecule has 0 aliphatic rings. The minimum absolute atomic E-state index is 0.208. The van der Waals surface area contributed by atoms with E-state index < -0.39 is 5.60 Å². The van der Waals surface area contributed by atoms with E-state index in [4.69, 9.17) is 9.47 Å². The highest BCUT2D eigenvalue weighted by atomic mass is 16.5. The van der Waals surface area contributed by atoms with Crippen LogP contribution in [0.3, 0.4) is 0 Å². The molecule has 0 unspecified atom stereocenters. The van der Waals surface area contributed by atoms with Crippen LogP contribution in [0.1, 0.15) is 19.5 Å². The molecule has 8 heteroatoms. The van der Waals surface area contributed by atoms with E-state index in [-0.39, 0.29) is 18.0 Å². The molecule has 0 atom stereocenters. The minimum atomic E-state index is -1.03. The molecule has 142 valence electrons. The van der Waals surface area contributed by atoms with Crippen molar-refractivity contribution in [1.29, 1.82) is 0 Å². The van der Waals surface area contributed by atoms with Gasteiger partial charge in [0.25, 0.3) is 5.56 Å². The van der Waals surface area contributed by atoms with E-state index in [1.165, 1.54) is 10.9 Å². The number of methoxy groups -OCH3 is 1. The zero-order valence-electron chi connectivity index (χ0n) is 15.8. The monoisotopic (exact) mass is 370 g/mol. The number of fused-ring (bicyclic) bond motifs is 1. The standard InChI is InChI=1S/C19H22N4O4/c1-19(2,25)15-6-5-12(10-20-15)13-9-14-16(18(24)23(3)11-21-14)17(22-13)27-8-7-26-4/h5-6,9-11,25H,7-8H2,1-4H3. The second-order valence-corrected chi connectivity index (χ2v) is 6.70. The number of aryl methyl sites for hydroxylation is 1. The fraction of sp³-hybridized carbons (Fsp3) is 0.368. The van der Waals surface area contributed by atoms with Crippen molar-refractivity contribution >= 4 is 10.9 Å². The van der Waals surface area contributed by atoms with Crippen LogP contribution in [0, 0.1) is 0 Å². The molecule has 0 aliphatic heterocycles. The van der Waals surface area contributed by atoms with E-state index in [2.05, 4.69) is 15.0 Å². The van der Waals surface area contributed by atoms with Crippen molar-refractivity contribution in [2.24, 2.45) is 7.05 Å². The van der Waals surface area contributed by atoms with Gasteiger partial charge < -0.3 is 19.1 Å². The van der Waals surface area contributed by atoms with Crippen molar-refractivity contribution in [2.45, 2.75) is 19.4 Å². The Morgan fingerprint density at radius 2 is 2.00 bits per heavy atom. The number of hydrogen-bond acceptors (Lipinski definition) is 7. The Kier molecular flexibility index (Phi) is 5.20. The van der Waals surface area contributed by atoms with Crippen LogP contribution in [0.15, 0.2) is 35.5 Å². The zero-order chi connectivity index (χ0) is 19.6. The summed E-state index contributed by atoms with van der Waals surface area (Å²) < 4.78 is 12.1. The molecular formula is C19H22N4O4. The number of rotatable bonds is 6. The summed E-state index contributed by atoms with van der Waals surface area (Å²) in [7, 11) is 3.20. The number of aliphatic hydroxyl groups is 1. The third-order valence-electron chi connectivity index (χ3n) is 4.08. The molecule has 0 fully saturated rings. The van der Waals surface area contributed by atoms with Crippen molar-refractivity contribution in [3.8, 4) is 17.1 Å². The summed E-state index contributed by atoms with van der Waals surface area (Å²) in [4.78, 5) is 25.7. The maximum atomic E-state index is 12.5. The molecule has 0 aromatic carbocycles. The molecule has 3 aromatic rings. The fourth-order valence-corrected chi connectivity index (χ4v) is 2.57. The summed E-state index contributed by atoms with van der Waals surface area (Å²) in [6, 6.07) is 5.28. The predicted molar refractivity (Wildman–Crippen MR) is 101 cm³/mol. The highest BCUT2D eigenvalue weighted by Crippen LogP contribution is 2.27.